The van der Waals surface area contributed by atoms with Crippen molar-refractivity contribution in [2.45, 2.75) is 0 Å². The fourth-order valence-electron chi connectivity index (χ4n) is 7.85. The first kappa shape index (κ1) is 25.6. The first-order valence-electron chi connectivity index (χ1n) is 16.3. The fourth-order valence-corrected chi connectivity index (χ4v) is 7.85. The maximum Gasteiger partial charge on any atom is 0.165 e. The minimum atomic E-state index is 0.910. The molecule has 0 N–H and O–H groups in total. The van der Waals surface area contributed by atoms with Crippen molar-refractivity contribution in [1.29, 1.82) is 0 Å². The molecule has 0 atom stereocenters. The van der Waals surface area contributed by atoms with Crippen LogP contribution in [0.4, 0.5) is 0 Å². The first-order chi connectivity index (χ1) is 23.8. The van der Waals surface area contributed by atoms with Crippen molar-refractivity contribution in [2.75, 3.05) is 0 Å². The van der Waals surface area contributed by atoms with Crippen LogP contribution in [-0.4, -0.2) is 18.9 Å². The highest BCUT2D eigenvalue weighted by Crippen LogP contribution is 2.41. The van der Waals surface area contributed by atoms with Crippen LogP contribution >= 0.6 is 0 Å². The number of nitrogens with zero attached hydrogens (tertiary/aromatic N) is 4. The summed E-state index contributed by atoms with van der Waals surface area (Å²) in [6, 6.07) is 56.6. The lowest BCUT2D eigenvalue weighted by atomic mass is 9.99. The average Bonchev–Trinajstić information content (AvgIpc) is 3.78. The van der Waals surface area contributed by atoms with Crippen molar-refractivity contribution in [2.24, 2.45) is 0 Å². The molecule has 0 bridgehead atoms. The molecule has 0 saturated heterocycles. The normalized spacial score (nSPS) is 12.2. The summed E-state index contributed by atoms with van der Waals surface area (Å²) in [6.07, 6.45) is 0. The zero-order valence-corrected chi connectivity index (χ0v) is 25.8. The summed E-state index contributed by atoms with van der Waals surface area (Å²) in [6.45, 7) is 0. The Hall–Kier alpha value is -6.52. The number of hydrogen-bond acceptors (Lipinski definition) is 2. The Morgan fingerprint density at radius 1 is 0.375 bits per heavy atom. The van der Waals surface area contributed by atoms with Gasteiger partial charge in [-0.3, -0.25) is 4.40 Å². The van der Waals surface area contributed by atoms with Crippen LogP contribution in [0.25, 0.3) is 99.1 Å². The highest BCUT2D eigenvalue weighted by molar-refractivity contribution is 6.23. The molecule has 4 heterocycles. The molecule has 11 rings (SSSR count). The highest BCUT2D eigenvalue weighted by atomic mass is 15.0. The van der Waals surface area contributed by atoms with Crippen molar-refractivity contribution >= 4 is 71.2 Å². The van der Waals surface area contributed by atoms with Gasteiger partial charge in [0.2, 0.25) is 0 Å². The van der Waals surface area contributed by atoms with E-state index in [1.807, 2.05) is 24.3 Å². The molecule has 222 valence electrons. The molecule has 4 heteroatoms. The van der Waals surface area contributed by atoms with Crippen LogP contribution < -0.4 is 0 Å². The molecule has 0 amide bonds. The number of benzene rings is 7. The molecule has 0 aliphatic rings. The van der Waals surface area contributed by atoms with Gasteiger partial charge in [-0.15, -0.1) is 0 Å². The first-order valence-corrected chi connectivity index (χ1v) is 16.3. The van der Waals surface area contributed by atoms with Crippen LogP contribution in [0.3, 0.4) is 0 Å². The smallest absolute Gasteiger partial charge is 0.165 e. The van der Waals surface area contributed by atoms with Crippen LogP contribution in [0.1, 0.15) is 0 Å². The Balaban J connectivity index is 1.14. The molecular formula is C44H26N4. The third-order valence-electron chi connectivity index (χ3n) is 10.0. The van der Waals surface area contributed by atoms with Crippen molar-refractivity contribution in [3.63, 3.8) is 0 Å². The summed E-state index contributed by atoms with van der Waals surface area (Å²) in [5.41, 5.74) is 14.4. The second kappa shape index (κ2) is 9.50. The molecule has 0 aliphatic carbocycles. The van der Waals surface area contributed by atoms with E-state index in [1.54, 1.807) is 0 Å². The number of hydrogen-bond donors (Lipinski definition) is 0. The summed E-state index contributed by atoms with van der Waals surface area (Å²) >= 11 is 0. The van der Waals surface area contributed by atoms with Crippen molar-refractivity contribution in [1.82, 2.24) is 18.9 Å². The number of aromatic nitrogens is 4. The summed E-state index contributed by atoms with van der Waals surface area (Å²) in [5, 5.41) is 6.08. The molecule has 0 spiro atoms. The van der Waals surface area contributed by atoms with Gasteiger partial charge in [0.25, 0.3) is 0 Å². The Labute approximate surface area is 275 Å². The van der Waals surface area contributed by atoms with E-state index in [1.165, 1.54) is 60.3 Å². The highest BCUT2D eigenvalue weighted by Gasteiger charge is 2.20. The molecule has 11 aromatic rings. The molecule has 0 unspecified atom stereocenters. The van der Waals surface area contributed by atoms with Gasteiger partial charge in [-0.05, 0) is 76.9 Å². The lowest BCUT2D eigenvalue weighted by Gasteiger charge is -2.09. The molecule has 0 aliphatic heterocycles. The van der Waals surface area contributed by atoms with Crippen LogP contribution in [0.15, 0.2) is 158 Å². The predicted octanol–water partition coefficient (Wildman–Crippen LogP) is 11.2. The van der Waals surface area contributed by atoms with E-state index < -0.39 is 0 Å². The van der Waals surface area contributed by atoms with Gasteiger partial charge < -0.3 is 4.57 Å². The minimum Gasteiger partial charge on any atom is -0.309 e. The average molecular weight is 611 g/mol. The van der Waals surface area contributed by atoms with Crippen molar-refractivity contribution < 1.29 is 0 Å². The Bertz CT molecular complexity index is 3040. The summed E-state index contributed by atoms with van der Waals surface area (Å²) in [5.74, 6) is 0. The summed E-state index contributed by atoms with van der Waals surface area (Å²) < 4.78 is 4.70. The van der Waals surface area contributed by atoms with E-state index >= 15 is 0 Å². The van der Waals surface area contributed by atoms with Gasteiger partial charge in [0.05, 0.1) is 33.1 Å². The molecule has 0 saturated carbocycles. The molecule has 7 aromatic carbocycles. The van der Waals surface area contributed by atoms with Gasteiger partial charge in [-0.2, -0.15) is 0 Å². The Morgan fingerprint density at radius 2 is 1.00 bits per heavy atom. The van der Waals surface area contributed by atoms with Gasteiger partial charge in [0.1, 0.15) is 5.52 Å². The van der Waals surface area contributed by atoms with E-state index in [9.17, 15) is 0 Å². The summed E-state index contributed by atoms with van der Waals surface area (Å²) in [7, 11) is 0. The second-order valence-corrected chi connectivity index (χ2v) is 12.7. The van der Waals surface area contributed by atoms with Gasteiger partial charge in [0.15, 0.2) is 5.65 Å². The van der Waals surface area contributed by atoms with Crippen LogP contribution in [0, 0.1) is 0 Å². The Morgan fingerprint density at radius 3 is 1.79 bits per heavy atom. The third-order valence-corrected chi connectivity index (χ3v) is 10.0. The summed E-state index contributed by atoms with van der Waals surface area (Å²) in [4.78, 5) is 10.2. The maximum atomic E-state index is 5.11. The number of rotatable bonds is 3. The molecular weight excluding hydrogens is 585 g/mol. The zero-order valence-electron chi connectivity index (χ0n) is 25.8. The SMILES string of the molecule is c1ccc(-c2ccc3c4cc(-c5ccc6c(c5)c5cccc7c8nc9ccccc9nc8n6c57)ccc4n(-c4ccccc4)c3c2)cc1. The second-order valence-electron chi connectivity index (χ2n) is 12.7. The van der Waals surface area contributed by atoms with Gasteiger partial charge in [0, 0.05) is 32.6 Å². The monoisotopic (exact) mass is 610 g/mol. The van der Waals surface area contributed by atoms with E-state index in [0.717, 1.165) is 38.8 Å². The standard InChI is InChI=1S/C44H26N4/c1-3-10-27(11-4-1)30-18-21-32-35-24-28(19-22-39(35)47(41(32)26-30)31-12-5-2-6-13-31)29-20-23-40-36(25-29)33-14-9-15-34-42-44(48(40)43(33)34)46-38-17-8-7-16-37(38)45-42/h1-26H. The molecule has 4 aromatic heterocycles. The largest absolute Gasteiger partial charge is 0.309 e. The molecule has 48 heavy (non-hydrogen) atoms. The minimum absolute atomic E-state index is 0.910. The van der Waals surface area contributed by atoms with E-state index in [4.69, 9.17) is 9.97 Å². The van der Waals surface area contributed by atoms with Crippen LogP contribution in [0.2, 0.25) is 0 Å². The molecule has 4 nitrogen and oxygen atoms in total. The number of fused-ring (bicyclic) bond motifs is 10. The molecule has 0 radical (unpaired) electrons. The number of para-hydroxylation sites is 4. The van der Waals surface area contributed by atoms with E-state index in [-0.39, 0.29) is 0 Å². The van der Waals surface area contributed by atoms with E-state index in [2.05, 4.69) is 142 Å². The van der Waals surface area contributed by atoms with Gasteiger partial charge in [-0.1, -0.05) is 103 Å². The maximum absolute atomic E-state index is 5.11. The zero-order chi connectivity index (χ0) is 31.3. The Kier molecular flexibility index (Phi) is 5.08. The van der Waals surface area contributed by atoms with Crippen LogP contribution in [-0.2, 0) is 0 Å². The van der Waals surface area contributed by atoms with Crippen LogP contribution in [0.5, 0.6) is 0 Å². The topological polar surface area (TPSA) is 35.1 Å². The van der Waals surface area contributed by atoms with E-state index in [0.29, 0.717) is 0 Å². The lowest BCUT2D eigenvalue weighted by molar-refractivity contribution is 1.18. The van der Waals surface area contributed by atoms with Gasteiger partial charge in [-0.25, -0.2) is 9.97 Å². The van der Waals surface area contributed by atoms with Crippen molar-refractivity contribution in [3.05, 3.63) is 158 Å². The lowest BCUT2D eigenvalue weighted by Crippen LogP contribution is -1.93. The molecule has 0 fully saturated rings. The van der Waals surface area contributed by atoms with Crippen molar-refractivity contribution in [3.8, 4) is 27.9 Å². The quantitative estimate of drug-likeness (QED) is 0.199. The predicted molar refractivity (Wildman–Crippen MR) is 199 cm³/mol. The fraction of sp³-hybridized carbons (Fsp3) is 0. The third kappa shape index (κ3) is 3.49. The van der Waals surface area contributed by atoms with Gasteiger partial charge >= 0.3 is 0 Å².